The van der Waals surface area contributed by atoms with Crippen LogP contribution in [0.25, 0.3) is 5.70 Å². The predicted molar refractivity (Wildman–Crippen MR) is 134 cm³/mol. The van der Waals surface area contributed by atoms with Gasteiger partial charge in [-0.15, -0.1) is 0 Å². The summed E-state index contributed by atoms with van der Waals surface area (Å²) < 4.78 is 10.3. The van der Waals surface area contributed by atoms with Gasteiger partial charge in [-0.3, -0.25) is 4.79 Å². The van der Waals surface area contributed by atoms with Crippen LogP contribution >= 0.6 is 0 Å². The smallest absolute Gasteiger partial charge is 0.251 e. The Morgan fingerprint density at radius 1 is 1.15 bits per heavy atom. The maximum Gasteiger partial charge on any atom is 0.251 e. The molecule has 0 radical (unpaired) electrons. The highest BCUT2D eigenvalue weighted by atomic mass is 16.5. The van der Waals surface area contributed by atoms with Crippen molar-refractivity contribution in [2.45, 2.75) is 0 Å². The molecule has 1 aliphatic rings. The maximum absolute atomic E-state index is 12.0. The molecule has 4 N–H and O–H groups in total. The van der Waals surface area contributed by atoms with Crippen molar-refractivity contribution in [2.75, 3.05) is 56.8 Å². The number of hydrogen-bond donors (Lipinski definition) is 3. The molecule has 0 unspecified atom stereocenters. The van der Waals surface area contributed by atoms with Gasteiger partial charge in [-0.2, -0.15) is 0 Å². The zero-order chi connectivity index (χ0) is 23.5. The minimum Gasteiger partial charge on any atom is -0.398 e. The number of anilines is 2. The average Bonchev–Trinajstić information content (AvgIpc) is 2.85. The number of hydrogen-bond acceptors (Lipinski definition) is 7. The first-order valence-corrected chi connectivity index (χ1v) is 10.8. The lowest BCUT2D eigenvalue weighted by molar-refractivity contribution is 0.0937. The van der Waals surface area contributed by atoms with Gasteiger partial charge in [0.25, 0.3) is 5.91 Å². The molecule has 174 valence electrons. The number of allylic oxidation sites excluding steroid dienone is 1. The third-order valence-corrected chi connectivity index (χ3v) is 5.09. The van der Waals surface area contributed by atoms with Crippen LogP contribution in [0.5, 0.6) is 0 Å². The van der Waals surface area contributed by atoms with Crippen molar-refractivity contribution in [3.8, 4) is 0 Å². The summed E-state index contributed by atoms with van der Waals surface area (Å²) in [6.45, 7) is 8.20. The van der Waals surface area contributed by atoms with E-state index in [1.54, 1.807) is 43.7 Å². The Labute approximate surface area is 194 Å². The summed E-state index contributed by atoms with van der Waals surface area (Å²) in [7, 11) is 1.59. The molecule has 3 rings (SSSR count). The second-order valence-corrected chi connectivity index (χ2v) is 7.44. The Hall–Kier alpha value is -3.62. The van der Waals surface area contributed by atoms with Gasteiger partial charge in [0.05, 0.1) is 19.8 Å². The normalized spacial score (nSPS) is 14.3. The van der Waals surface area contributed by atoms with Crippen molar-refractivity contribution in [3.05, 3.63) is 78.1 Å². The van der Waals surface area contributed by atoms with Gasteiger partial charge in [0, 0.05) is 55.6 Å². The van der Waals surface area contributed by atoms with Gasteiger partial charge in [-0.1, -0.05) is 18.7 Å². The van der Waals surface area contributed by atoms with E-state index in [1.807, 2.05) is 12.1 Å². The van der Waals surface area contributed by atoms with E-state index >= 15 is 0 Å². The fraction of sp³-hybridized carbons (Fsp3) is 0.280. The molecule has 0 aliphatic carbocycles. The standard InChI is InChI=1S/C25H31N5O3/c1-19(29-22-7-9-23(10-8-22)30-14-17-33-18-15-30)27-12-11-24(26)20-3-5-21(6-4-20)25(31)28-13-16-32-2/h3-12,29H,1,13-18,26H2,2H3,(H,28,31)/b24-11-,27-12?. The molecular formula is C25H31N5O3. The molecule has 1 amide bonds. The number of methoxy groups -OCH3 is 1. The number of nitrogens with zero attached hydrogens (tertiary/aromatic N) is 2. The van der Waals surface area contributed by atoms with E-state index in [4.69, 9.17) is 15.2 Å². The molecule has 1 fully saturated rings. The number of morpholine rings is 1. The molecular weight excluding hydrogens is 418 g/mol. The number of aliphatic imine (C=N–C) groups is 1. The van der Waals surface area contributed by atoms with Crippen molar-refractivity contribution in [2.24, 2.45) is 10.7 Å². The summed E-state index contributed by atoms with van der Waals surface area (Å²) in [5, 5.41) is 5.95. The number of carbonyl (C=O) groups is 1. The highest BCUT2D eigenvalue weighted by Gasteiger charge is 2.10. The van der Waals surface area contributed by atoms with Crippen LogP contribution in [0.4, 0.5) is 11.4 Å². The SMILES string of the molecule is C=C(N=C/C=C(\N)c1ccc(C(=O)NCCOC)cc1)Nc1ccc(N2CCOCC2)cc1. The number of nitrogens with one attached hydrogen (secondary N) is 2. The highest BCUT2D eigenvalue weighted by molar-refractivity contribution is 5.94. The number of ether oxygens (including phenoxy) is 2. The first-order valence-electron chi connectivity index (χ1n) is 10.8. The van der Waals surface area contributed by atoms with Gasteiger partial charge < -0.3 is 30.7 Å². The van der Waals surface area contributed by atoms with Crippen molar-refractivity contribution in [3.63, 3.8) is 0 Å². The van der Waals surface area contributed by atoms with Crippen LogP contribution in [0.15, 0.2) is 72.0 Å². The van der Waals surface area contributed by atoms with Crippen LogP contribution in [-0.2, 0) is 9.47 Å². The zero-order valence-corrected chi connectivity index (χ0v) is 18.9. The van der Waals surface area contributed by atoms with Crippen LogP contribution in [0.2, 0.25) is 0 Å². The largest absolute Gasteiger partial charge is 0.398 e. The number of amides is 1. The summed E-state index contributed by atoms with van der Waals surface area (Å²) in [4.78, 5) is 18.6. The molecule has 1 heterocycles. The Morgan fingerprint density at radius 3 is 2.48 bits per heavy atom. The van der Waals surface area contributed by atoms with Gasteiger partial charge in [-0.05, 0) is 48.0 Å². The zero-order valence-electron chi connectivity index (χ0n) is 18.9. The fourth-order valence-corrected chi connectivity index (χ4v) is 3.26. The van der Waals surface area contributed by atoms with E-state index in [9.17, 15) is 4.79 Å². The van der Waals surface area contributed by atoms with E-state index in [1.165, 1.54) is 5.69 Å². The predicted octanol–water partition coefficient (Wildman–Crippen LogP) is 2.85. The van der Waals surface area contributed by atoms with Crippen LogP contribution in [0.3, 0.4) is 0 Å². The third kappa shape index (κ3) is 7.48. The van der Waals surface area contributed by atoms with Crippen LogP contribution in [-0.4, -0.2) is 58.7 Å². The van der Waals surface area contributed by atoms with Crippen LogP contribution in [0, 0.1) is 0 Å². The second-order valence-electron chi connectivity index (χ2n) is 7.44. The quantitative estimate of drug-likeness (QED) is 0.381. The molecule has 0 bridgehead atoms. The molecule has 0 aromatic heterocycles. The number of benzene rings is 2. The second kappa shape index (κ2) is 12.4. The van der Waals surface area contributed by atoms with Gasteiger partial charge in [0.1, 0.15) is 5.82 Å². The molecule has 8 nitrogen and oxygen atoms in total. The summed E-state index contributed by atoms with van der Waals surface area (Å²) >= 11 is 0. The molecule has 0 atom stereocenters. The lowest BCUT2D eigenvalue weighted by Gasteiger charge is -2.28. The monoisotopic (exact) mass is 449 g/mol. The van der Waals surface area contributed by atoms with E-state index in [0.717, 1.165) is 37.6 Å². The number of rotatable bonds is 10. The van der Waals surface area contributed by atoms with E-state index in [2.05, 4.69) is 39.2 Å². The minimum atomic E-state index is -0.150. The topological polar surface area (TPSA) is 101 Å². The van der Waals surface area contributed by atoms with Gasteiger partial charge >= 0.3 is 0 Å². The lowest BCUT2D eigenvalue weighted by atomic mass is 10.1. The third-order valence-electron chi connectivity index (χ3n) is 5.09. The molecule has 33 heavy (non-hydrogen) atoms. The van der Waals surface area contributed by atoms with Crippen molar-refractivity contribution < 1.29 is 14.3 Å². The molecule has 8 heteroatoms. The molecule has 2 aromatic carbocycles. The molecule has 1 aliphatic heterocycles. The van der Waals surface area contributed by atoms with E-state index in [0.29, 0.717) is 30.2 Å². The van der Waals surface area contributed by atoms with Gasteiger partial charge in [0.2, 0.25) is 0 Å². The van der Waals surface area contributed by atoms with Crippen LogP contribution < -0.4 is 21.3 Å². The summed E-state index contributed by atoms with van der Waals surface area (Å²) in [6.07, 6.45) is 3.29. The summed E-state index contributed by atoms with van der Waals surface area (Å²) in [5.41, 5.74) is 10.1. The molecule has 2 aromatic rings. The van der Waals surface area contributed by atoms with Crippen molar-refractivity contribution >= 4 is 29.2 Å². The maximum atomic E-state index is 12.0. The minimum absolute atomic E-state index is 0.150. The molecule has 1 saturated heterocycles. The highest BCUT2D eigenvalue weighted by Crippen LogP contribution is 2.20. The summed E-state index contributed by atoms with van der Waals surface area (Å²) in [5.74, 6) is 0.351. The molecule has 0 spiro atoms. The number of nitrogens with two attached hydrogens (primary N) is 1. The van der Waals surface area contributed by atoms with Crippen molar-refractivity contribution in [1.29, 1.82) is 0 Å². The average molecular weight is 450 g/mol. The summed E-state index contributed by atoms with van der Waals surface area (Å²) in [6, 6.07) is 15.2. The first-order chi connectivity index (χ1) is 16.1. The Balaban J connectivity index is 1.50. The van der Waals surface area contributed by atoms with E-state index < -0.39 is 0 Å². The first kappa shape index (κ1) is 24.0. The Morgan fingerprint density at radius 2 is 1.82 bits per heavy atom. The Kier molecular flexibility index (Phi) is 9.05. The lowest BCUT2D eigenvalue weighted by Crippen LogP contribution is -2.36. The fourth-order valence-electron chi connectivity index (χ4n) is 3.26. The van der Waals surface area contributed by atoms with E-state index in [-0.39, 0.29) is 5.91 Å². The Bertz CT molecular complexity index is 978. The van der Waals surface area contributed by atoms with Gasteiger partial charge in [0.15, 0.2) is 0 Å². The van der Waals surface area contributed by atoms with Crippen LogP contribution in [0.1, 0.15) is 15.9 Å². The van der Waals surface area contributed by atoms with Gasteiger partial charge in [-0.25, -0.2) is 4.99 Å². The van der Waals surface area contributed by atoms with Crippen molar-refractivity contribution in [1.82, 2.24) is 5.32 Å². The molecule has 0 saturated carbocycles. The number of carbonyl (C=O) groups excluding carboxylic acids is 1.